The minimum absolute atomic E-state index is 0.200. The van der Waals surface area contributed by atoms with E-state index in [1.165, 1.54) is 7.11 Å². The molecule has 21 heavy (non-hydrogen) atoms. The first kappa shape index (κ1) is 15.4. The summed E-state index contributed by atoms with van der Waals surface area (Å²) in [5.74, 6) is -1.35. The number of hydrogen-bond donors (Lipinski definition) is 2. The quantitative estimate of drug-likeness (QED) is 0.657. The van der Waals surface area contributed by atoms with Crippen LogP contribution in [0.15, 0.2) is 30.5 Å². The minimum atomic E-state index is -0.777. The zero-order chi connectivity index (χ0) is 15.4. The molecular weight excluding hydrogens is 292 g/mol. The van der Waals surface area contributed by atoms with E-state index in [2.05, 4.69) is 10.3 Å². The number of fused-ring (bicyclic) bond motifs is 1. The number of aromatic nitrogens is 1. The third-order valence-electron chi connectivity index (χ3n) is 3.50. The van der Waals surface area contributed by atoms with Crippen LogP contribution in [0.4, 0.5) is 0 Å². The van der Waals surface area contributed by atoms with Gasteiger partial charge in [-0.15, -0.1) is 11.6 Å². The van der Waals surface area contributed by atoms with Crippen LogP contribution in [0, 0.1) is 0 Å². The number of methoxy groups -OCH3 is 1. The lowest BCUT2D eigenvalue weighted by molar-refractivity contribution is -0.145. The number of carbonyl (C=O) groups excluding carboxylic acids is 2. The van der Waals surface area contributed by atoms with Crippen LogP contribution >= 0.6 is 11.6 Å². The van der Waals surface area contributed by atoms with Crippen molar-refractivity contribution in [2.45, 2.75) is 18.9 Å². The number of benzene rings is 1. The van der Waals surface area contributed by atoms with Crippen LogP contribution in [0.1, 0.15) is 18.4 Å². The topological polar surface area (TPSA) is 71.2 Å². The lowest BCUT2D eigenvalue weighted by Crippen LogP contribution is -2.45. The van der Waals surface area contributed by atoms with Gasteiger partial charge in [0.2, 0.25) is 5.91 Å². The maximum absolute atomic E-state index is 11.9. The summed E-state index contributed by atoms with van der Waals surface area (Å²) in [5, 5.41) is 3.62. The van der Waals surface area contributed by atoms with Crippen molar-refractivity contribution in [3.05, 3.63) is 36.0 Å². The Morgan fingerprint density at radius 2 is 2.10 bits per heavy atom. The van der Waals surface area contributed by atoms with Crippen LogP contribution in [0.5, 0.6) is 0 Å². The van der Waals surface area contributed by atoms with E-state index < -0.39 is 17.9 Å². The number of carbonyl (C=O) groups is 2. The Morgan fingerprint density at radius 3 is 2.76 bits per heavy atom. The smallest absolute Gasteiger partial charge is 0.328 e. The average Bonchev–Trinajstić information content (AvgIpc) is 2.94. The highest BCUT2D eigenvalue weighted by Crippen LogP contribution is 2.28. The lowest BCUT2D eigenvalue weighted by Gasteiger charge is -2.22. The minimum Gasteiger partial charge on any atom is -0.467 e. The maximum atomic E-state index is 11.9. The fourth-order valence-electron chi connectivity index (χ4n) is 2.38. The van der Waals surface area contributed by atoms with Gasteiger partial charge in [-0.25, -0.2) is 4.79 Å². The van der Waals surface area contributed by atoms with E-state index in [-0.39, 0.29) is 11.8 Å². The molecule has 0 aliphatic rings. The molecule has 0 fully saturated rings. The number of aromatic amines is 1. The first-order valence-corrected chi connectivity index (χ1v) is 7.11. The normalized spacial score (nSPS) is 13.7. The first-order valence-electron chi connectivity index (χ1n) is 6.57. The zero-order valence-electron chi connectivity index (χ0n) is 11.9. The average molecular weight is 309 g/mol. The van der Waals surface area contributed by atoms with Gasteiger partial charge in [0.1, 0.15) is 11.9 Å². The van der Waals surface area contributed by atoms with Gasteiger partial charge in [-0.05, 0) is 11.6 Å². The third-order valence-corrected chi connectivity index (χ3v) is 3.75. The van der Waals surface area contributed by atoms with Crippen molar-refractivity contribution in [3.63, 3.8) is 0 Å². The van der Waals surface area contributed by atoms with E-state index >= 15 is 0 Å². The van der Waals surface area contributed by atoms with Crippen LogP contribution in [0.3, 0.4) is 0 Å². The van der Waals surface area contributed by atoms with Crippen LogP contribution < -0.4 is 5.32 Å². The van der Waals surface area contributed by atoms with Crippen molar-refractivity contribution in [2.24, 2.45) is 0 Å². The number of alkyl halides is 1. The number of nitrogens with one attached hydrogen (secondary N) is 2. The van der Waals surface area contributed by atoms with Gasteiger partial charge in [-0.2, -0.15) is 0 Å². The number of ether oxygens (including phenoxy) is 1. The Balaban J connectivity index is 2.35. The molecule has 5 nitrogen and oxygen atoms in total. The maximum Gasteiger partial charge on any atom is 0.328 e. The standard InChI is InChI=1S/C15H17ClN2O3/c1-9(14(15(20)21-2)18-13(19)7-16)11-8-17-12-6-4-3-5-10(11)12/h3-6,8-9,14,17H,7H2,1-2H3,(H,18,19)/t9-,14-/m0/s1. The van der Waals surface area contributed by atoms with Gasteiger partial charge in [0.05, 0.1) is 7.11 Å². The van der Waals surface area contributed by atoms with E-state index in [1.54, 1.807) is 0 Å². The van der Waals surface area contributed by atoms with Gasteiger partial charge < -0.3 is 15.0 Å². The number of amides is 1. The van der Waals surface area contributed by atoms with Crippen molar-refractivity contribution < 1.29 is 14.3 Å². The van der Waals surface area contributed by atoms with Gasteiger partial charge >= 0.3 is 5.97 Å². The van der Waals surface area contributed by atoms with Crippen LogP contribution in [-0.4, -0.2) is 35.9 Å². The van der Waals surface area contributed by atoms with Crippen LogP contribution in [-0.2, 0) is 14.3 Å². The van der Waals surface area contributed by atoms with Crippen molar-refractivity contribution in [1.82, 2.24) is 10.3 Å². The summed E-state index contributed by atoms with van der Waals surface area (Å²) >= 11 is 5.50. The van der Waals surface area contributed by atoms with E-state index in [0.29, 0.717) is 0 Å². The number of H-pyrrole nitrogens is 1. The van der Waals surface area contributed by atoms with Crippen LogP contribution in [0.2, 0.25) is 0 Å². The molecule has 2 rings (SSSR count). The molecule has 6 heteroatoms. The Hall–Kier alpha value is -2.01. The molecule has 0 saturated heterocycles. The van der Waals surface area contributed by atoms with E-state index in [9.17, 15) is 9.59 Å². The Morgan fingerprint density at radius 1 is 1.38 bits per heavy atom. The fourth-order valence-corrected chi connectivity index (χ4v) is 2.45. The predicted molar refractivity (Wildman–Crippen MR) is 81.4 cm³/mol. The summed E-state index contributed by atoms with van der Waals surface area (Å²) in [7, 11) is 1.30. The molecule has 0 saturated carbocycles. The molecule has 2 atom stereocenters. The number of halogens is 1. The molecule has 2 aromatic rings. The van der Waals surface area contributed by atoms with Gasteiger partial charge in [0, 0.05) is 23.0 Å². The molecule has 0 radical (unpaired) electrons. The molecule has 1 aromatic carbocycles. The van der Waals surface area contributed by atoms with Crippen LogP contribution in [0.25, 0.3) is 10.9 Å². The molecule has 1 heterocycles. The summed E-state index contributed by atoms with van der Waals surface area (Å²) in [6.45, 7) is 1.87. The second kappa shape index (κ2) is 6.63. The highest BCUT2D eigenvalue weighted by molar-refractivity contribution is 6.27. The van der Waals surface area contributed by atoms with Crippen molar-refractivity contribution in [2.75, 3.05) is 13.0 Å². The number of esters is 1. The molecular formula is C15H17ClN2O3. The van der Waals surface area contributed by atoms with Crippen molar-refractivity contribution in [1.29, 1.82) is 0 Å². The van der Waals surface area contributed by atoms with E-state index in [0.717, 1.165) is 16.5 Å². The molecule has 0 aliphatic heterocycles. The van der Waals surface area contributed by atoms with E-state index in [4.69, 9.17) is 16.3 Å². The molecule has 2 N–H and O–H groups in total. The highest BCUT2D eigenvalue weighted by atomic mass is 35.5. The predicted octanol–water partition coefficient (Wildman–Crippen LogP) is 2.17. The van der Waals surface area contributed by atoms with Gasteiger partial charge in [-0.3, -0.25) is 4.79 Å². The zero-order valence-corrected chi connectivity index (χ0v) is 12.6. The largest absolute Gasteiger partial charge is 0.467 e. The molecule has 112 valence electrons. The monoisotopic (exact) mass is 308 g/mol. The molecule has 0 spiro atoms. The third kappa shape index (κ3) is 3.19. The van der Waals surface area contributed by atoms with Gasteiger partial charge in [0.25, 0.3) is 0 Å². The summed E-state index contributed by atoms with van der Waals surface area (Å²) in [4.78, 5) is 26.6. The Bertz CT molecular complexity index is 653. The summed E-state index contributed by atoms with van der Waals surface area (Å²) in [6.07, 6.45) is 1.85. The number of rotatable bonds is 5. The SMILES string of the molecule is COC(=O)[C@@H](NC(=O)CCl)[C@@H](C)c1c[nH]c2ccccc12. The first-order chi connectivity index (χ1) is 10.1. The Labute approximate surface area is 127 Å². The molecule has 0 unspecified atom stereocenters. The number of para-hydroxylation sites is 1. The molecule has 1 aromatic heterocycles. The summed E-state index contributed by atoms with van der Waals surface area (Å²) in [6, 6.07) is 7.00. The molecule has 0 bridgehead atoms. The second-order valence-electron chi connectivity index (χ2n) is 4.78. The fraction of sp³-hybridized carbons (Fsp3) is 0.333. The van der Waals surface area contributed by atoms with Crippen molar-refractivity contribution >= 4 is 34.4 Å². The van der Waals surface area contributed by atoms with Crippen molar-refractivity contribution in [3.8, 4) is 0 Å². The van der Waals surface area contributed by atoms with E-state index in [1.807, 2.05) is 37.4 Å². The Kier molecular flexibility index (Phi) is 4.85. The summed E-state index contributed by atoms with van der Waals surface area (Å²) < 4.78 is 4.78. The lowest BCUT2D eigenvalue weighted by atomic mass is 9.93. The highest BCUT2D eigenvalue weighted by Gasteiger charge is 2.30. The molecule has 1 amide bonds. The van der Waals surface area contributed by atoms with Gasteiger partial charge in [-0.1, -0.05) is 25.1 Å². The second-order valence-corrected chi connectivity index (χ2v) is 5.05. The molecule has 0 aliphatic carbocycles. The summed E-state index contributed by atoms with van der Waals surface area (Å²) in [5.41, 5.74) is 1.92. The van der Waals surface area contributed by atoms with Gasteiger partial charge in [0.15, 0.2) is 0 Å². The number of hydrogen-bond acceptors (Lipinski definition) is 3.